The number of aromatic nitrogens is 1. The Morgan fingerprint density at radius 1 is 1.15 bits per heavy atom. The fourth-order valence-electron chi connectivity index (χ4n) is 2.43. The Kier molecular flexibility index (Phi) is 4.62. The number of nitrogens with one attached hydrogen (secondary N) is 1. The Morgan fingerprint density at radius 2 is 1.81 bits per heavy atom. The van der Waals surface area contributed by atoms with Gasteiger partial charge in [-0.05, 0) is 42.3 Å². The Balaban J connectivity index is 1.87. The zero-order valence-electron chi connectivity index (χ0n) is 14.0. The van der Waals surface area contributed by atoms with Crippen molar-refractivity contribution in [1.82, 2.24) is 4.98 Å². The smallest absolute Gasteiger partial charge is 0.397 e. The van der Waals surface area contributed by atoms with Crippen LogP contribution in [0.2, 0.25) is 0 Å². The van der Waals surface area contributed by atoms with Gasteiger partial charge in [-0.3, -0.25) is 4.79 Å². The monoisotopic (exact) mass is 379 g/mol. The van der Waals surface area contributed by atoms with E-state index >= 15 is 0 Å². The normalized spacial score (nSPS) is 11.9. The number of amides is 1. The maximum absolute atomic E-state index is 12.6. The largest absolute Gasteiger partial charge is 0.416 e. The van der Waals surface area contributed by atoms with E-state index in [2.05, 4.69) is 10.3 Å². The molecule has 3 rings (SSSR count). The number of alkyl halides is 3. The fraction of sp³-hybridized carbons (Fsp3) is 0.222. The minimum absolute atomic E-state index is 0.243. The van der Waals surface area contributed by atoms with E-state index in [1.165, 1.54) is 12.1 Å². The van der Waals surface area contributed by atoms with Gasteiger partial charge in [0.05, 0.1) is 11.3 Å². The summed E-state index contributed by atoms with van der Waals surface area (Å²) in [6, 6.07) is 7.95. The van der Waals surface area contributed by atoms with E-state index in [9.17, 15) is 18.0 Å². The van der Waals surface area contributed by atoms with Gasteiger partial charge in [0.1, 0.15) is 9.71 Å². The minimum Gasteiger partial charge on any atom is -0.397 e. The number of halogens is 3. The van der Waals surface area contributed by atoms with Crippen molar-refractivity contribution in [2.24, 2.45) is 0 Å². The molecule has 1 aromatic carbocycles. The van der Waals surface area contributed by atoms with E-state index in [4.69, 9.17) is 5.73 Å². The molecule has 0 unspecified atom stereocenters. The van der Waals surface area contributed by atoms with Crippen LogP contribution >= 0.6 is 11.3 Å². The summed E-state index contributed by atoms with van der Waals surface area (Å²) < 4.78 is 37.8. The predicted molar refractivity (Wildman–Crippen MR) is 97.5 cm³/mol. The molecule has 3 N–H and O–H groups in total. The molecule has 2 aromatic heterocycles. The SMILES string of the molecule is CC(C)c1ccc2c(N)c(C(=O)Nc3ccc(C(F)(F)F)cc3)sc2n1. The molecular weight excluding hydrogens is 363 g/mol. The molecule has 0 aliphatic rings. The molecule has 0 saturated heterocycles. The predicted octanol–water partition coefficient (Wildman–Crippen LogP) is 5.27. The van der Waals surface area contributed by atoms with Crippen molar-refractivity contribution < 1.29 is 18.0 Å². The van der Waals surface area contributed by atoms with Gasteiger partial charge in [-0.25, -0.2) is 4.98 Å². The molecule has 3 aromatic rings. The molecule has 8 heteroatoms. The number of fused-ring (bicyclic) bond motifs is 1. The lowest BCUT2D eigenvalue weighted by Crippen LogP contribution is -2.12. The van der Waals surface area contributed by atoms with Crippen LogP contribution in [-0.2, 0) is 6.18 Å². The summed E-state index contributed by atoms with van der Waals surface area (Å²) in [5.74, 6) is -0.233. The number of hydrogen-bond acceptors (Lipinski definition) is 4. The molecule has 2 heterocycles. The lowest BCUT2D eigenvalue weighted by Gasteiger charge is -2.08. The van der Waals surface area contributed by atoms with Crippen LogP contribution < -0.4 is 11.1 Å². The first-order valence-corrected chi connectivity index (χ1v) is 8.66. The Labute approximate surface area is 151 Å². The highest BCUT2D eigenvalue weighted by molar-refractivity contribution is 7.21. The number of nitrogen functional groups attached to an aromatic ring is 1. The van der Waals surface area contributed by atoms with Gasteiger partial charge >= 0.3 is 6.18 Å². The molecule has 0 spiro atoms. The maximum Gasteiger partial charge on any atom is 0.416 e. The van der Waals surface area contributed by atoms with Crippen LogP contribution in [0.25, 0.3) is 10.2 Å². The number of carbonyl (C=O) groups is 1. The number of benzene rings is 1. The highest BCUT2D eigenvalue weighted by atomic mass is 32.1. The summed E-state index contributed by atoms with van der Waals surface area (Å²) >= 11 is 1.16. The Morgan fingerprint density at radius 3 is 2.38 bits per heavy atom. The first kappa shape index (κ1) is 18.2. The van der Waals surface area contributed by atoms with Crippen LogP contribution in [-0.4, -0.2) is 10.9 Å². The summed E-state index contributed by atoms with van der Waals surface area (Å²) in [5.41, 5.74) is 6.76. The molecule has 0 aliphatic carbocycles. The lowest BCUT2D eigenvalue weighted by atomic mass is 10.1. The first-order valence-electron chi connectivity index (χ1n) is 7.84. The minimum atomic E-state index is -4.42. The van der Waals surface area contributed by atoms with Crippen molar-refractivity contribution in [2.75, 3.05) is 11.1 Å². The molecule has 0 atom stereocenters. The van der Waals surface area contributed by atoms with Crippen LogP contribution in [0, 0.1) is 0 Å². The number of nitrogens with two attached hydrogens (primary N) is 1. The van der Waals surface area contributed by atoms with Crippen molar-refractivity contribution >= 4 is 38.8 Å². The van der Waals surface area contributed by atoms with Gasteiger partial charge < -0.3 is 11.1 Å². The molecule has 26 heavy (non-hydrogen) atoms. The second-order valence-electron chi connectivity index (χ2n) is 6.12. The van der Waals surface area contributed by atoms with E-state index in [1.807, 2.05) is 26.0 Å². The van der Waals surface area contributed by atoms with Crippen LogP contribution in [0.3, 0.4) is 0 Å². The third-order valence-corrected chi connectivity index (χ3v) is 5.00. The highest BCUT2D eigenvalue weighted by Crippen LogP contribution is 2.34. The number of rotatable bonds is 3. The van der Waals surface area contributed by atoms with Gasteiger partial charge in [-0.15, -0.1) is 11.3 Å². The molecule has 0 radical (unpaired) electrons. The van der Waals surface area contributed by atoms with Crippen molar-refractivity contribution in [3.63, 3.8) is 0 Å². The molecule has 0 fully saturated rings. The quantitative estimate of drug-likeness (QED) is 0.651. The number of hydrogen-bond donors (Lipinski definition) is 2. The average molecular weight is 379 g/mol. The maximum atomic E-state index is 12.6. The van der Waals surface area contributed by atoms with Crippen molar-refractivity contribution in [1.29, 1.82) is 0 Å². The van der Waals surface area contributed by atoms with E-state index in [0.29, 0.717) is 15.9 Å². The third kappa shape index (κ3) is 3.50. The van der Waals surface area contributed by atoms with E-state index in [0.717, 1.165) is 29.2 Å². The zero-order chi connectivity index (χ0) is 19.1. The highest BCUT2D eigenvalue weighted by Gasteiger charge is 2.30. The van der Waals surface area contributed by atoms with Crippen molar-refractivity contribution in [3.05, 3.63) is 52.5 Å². The number of carbonyl (C=O) groups excluding carboxylic acids is 1. The standard InChI is InChI=1S/C18H16F3N3OS/c1-9(2)13-8-7-12-14(22)15(26-17(12)24-13)16(25)23-11-5-3-10(4-6-11)18(19,20)21/h3-9H,22H2,1-2H3,(H,23,25). The van der Waals surface area contributed by atoms with Crippen LogP contribution in [0.4, 0.5) is 24.5 Å². The molecule has 1 amide bonds. The van der Waals surface area contributed by atoms with Gasteiger partial charge in [-0.2, -0.15) is 13.2 Å². The number of anilines is 2. The van der Waals surface area contributed by atoms with Crippen molar-refractivity contribution in [3.8, 4) is 0 Å². The summed E-state index contributed by atoms with van der Waals surface area (Å²) in [7, 11) is 0. The second-order valence-corrected chi connectivity index (χ2v) is 7.12. The van der Waals surface area contributed by atoms with Gasteiger partial charge in [0, 0.05) is 16.8 Å². The van der Waals surface area contributed by atoms with E-state index in [1.54, 1.807) is 0 Å². The van der Waals surface area contributed by atoms with Gasteiger partial charge in [0.2, 0.25) is 0 Å². The number of nitrogens with zero attached hydrogens (tertiary/aromatic N) is 1. The van der Waals surface area contributed by atoms with Crippen LogP contribution in [0.1, 0.15) is 40.7 Å². The molecule has 0 bridgehead atoms. The molecule has 0 saturated carbocycles. The van der Waals surface area contributed by atoms with E-state index < -0.39 is 17.6 Å². The topological polar surface area (TPSA) is 68.0 Å². The van der Waals surface area contributed by atoms with Gasteiger partial charge in [0.15, 0.2) is 0 Å². The third-order valence-electron chi connectivity index (χ3n) is 3.88. The molecule has 0 aliphatic heterocycles. The molecule has 136 valence electrons. The zero-order valence-corrected chi connectivity index (χ0v) is 14.8. The van der Waals surface area contributed by atoms with Crippen LogP contribution in [0.5, 0.6) is 0 Å². The first-order chi connectivity index (χ1) is 12.2. The molecular formula is C18H16F3N3OS. The summed E-state index contributed by atoms with van der Waals surface area (Å²) in [6.07, 6.45) is -4.42. The van der Waals surface area contributed by atoms with Crippen molar-refractivity contribution in [2.45, 2.75) is 25.9 Å². The van der Waals surface area contributed by atoms with Gasteiger partial charge in [0.25, 0.3) is 5.91 Å². The molecule has 4 nitrogen and oxygen atoms in total. The summed E-state index contributed by atoms with van der Waals surface area (Å²) in [5, 5.41) is 3.26. The number of thiophene rings is 1. The average Bonchev–Trinajstić information content (AvgIpc) is 2.91. The summed E-state index contributed by atoms with van der Waals surface area (Å²) in [4.78, 5) is 17.9. The Hall–Kier alpha value is -2.61. The second kappa shape index (κ2) is 6.60. The lowest BCUT2D eigenvalue weighted by molar-refractivity contribution is -0.137. The number of pyridine rings is 1. The summed E-state index contributed by atoms with van der Waals surface area (Å²) in [6.45, 7) is 4.03. The van der Waals surface area contributed by atoms with Gasteiger partial charge in [-0.1, -0.05) is 13.8 Å². The Bertz CT molecular complexity index is 962. The fourth-order valence-corrected chi connectivity index (χ4v) is 3.43. The van der Waals surface area contributed by atoms with E-state index in [-0.39, 0.29) is 16.5 Å². The van der Waals surface area contributed by atoms with Crippen LogP contribution in [0.15, 0.2) is 36.4 Å².